The Balaban J connectivity index is 1.59. The van der Waals surface area contributed by atoms with Crippen molar-refractivity contribution in [1.29, 1.82) is 0 Å². The summed E-state index contributed by atoms with van der Waals surface area (Å²) >= 11 is 5.96. The highest BCUT2D eigenvalue weighted by Gasteiger charge is 2.37. The van der Waals surface area contributed by atoms with E-state index in [4.69, 9.17) is 30.5 Å². The molecule has 0 amide bonds. The molecule has 0 bridgehead atoms. The Labute approximate surface area is 248 Å². The number of pyridine rings is 1. The molecular weight excluding hydrogens is 586 g/mol. The Morgan fingerprint density at radius 2 is 1.79 bits per heavy atom. The molecule has 0 aliphatic carbocycles. The summed E-state index contributed by atoms with van der Waals surface area (Å²) in [6.45, 7) is 5.18. The first kappa shape index (κ1) is 29.5. The van der Waals surface area contributed by atoms with Crippen LogP contribution in [-0.2, 0) is 14.8 Å². The standard InChI is InChI=1S/C27H30ClN7O6S/c1-15(2)41-23(25-29-12-17(28)13-30-25)16(3)42(36,37)34-27-33-32-26-18-8-6-10-21(38-4)24(18)40-14-20(35(26)27)19-9-7-11-22(31-19)39-5/h6-13,15-16,20,23H,14H2,1-5H3,(H,33,34)/t16?,20-,23?/m0/s1. The highest BCUT2D eigenvalue weighted by molar-refractivity contribution is 7.93. The number of methoxy groups -OCH3 is 2. The second kappa shape index (κ2) is 12.1. The van der Waals surface area contributed by atoms with E-state index in [9.17, 15) is 8.42 Å². The zero-order valence-electron chi connectivity index (χ0n) is 23.6. The predicted molar refractivity (Wildman–Crippen MR) is 154 cm³/mol. The van der Waals surface area contributed by atoms with Crippen LogP contribution in [0.5, 0.6) is 17.4 Å². The first-order valence-corrected chi connectivity index (χ1v) is 15.0. The lowest BCUT2D eigenvalue weighted by Gasteiger charge is -2.26. The molecule has 0 spiro atoms. The topological polar surface area (TPSA) is 152 Å². The van der Waals surface area contributed by atoms with Crippen LogP contribution in [0.2, 0.25) is 5.02 Å². The van der Waals surface area contributed by atoms with Crippen LogP contribution in [0.3, 0.4) is 0 Å². The first-order chi connectivity index (χ1) is 20.1. The summed E-state index contributed by atoms with van der Waals surface area (Å²) in [4.78, 5) is 13.0. The van der Waals surface area contributed by atoms with Crippen LogP contribution in [0.1, 0.15) is 44.4 Å². The second-order valence-electron chi connectivity index (χ2n) is 9.70. The van der Waals surface area contributed by atoms with Gasteiger partial charge in [0.2, 0.25) is 21.9 Å². The van der Waals surface area contributed by atoms with Crippen LogP contribution in [-0.4, -0.2) is 70.3 Å². The van der Waals surface area contributed by atoms with Crippen LogP contribution < -0.4 is 18.9 Å². The van der Waals surface area contributed by atoms with Crippen molar-refractivity contribution in [2.45, 2.75) is 44.3 Å². The predicted octanol–water partition coefficient (Wildman–Crippen LogP) is 4.08. The number of nitrogens with zero attached hydrogens (tertiary/aromatic N) is 6. The summed E-state index contributed by atoms with van der Waals surface area (Å²) in [6, 6.07) is 10.0. The van der Waals surface area contributed by atoms with Gasteiger partial charge in [-0.25, -0.2) is 23.4 Å². The van der Waals surface area contributed by atoms with E-state index < -0.39 is 27.4 Å². The fraction of sp³-hybridized carbons (Fsp3) is 0.370. The molecule has 42 heavy (non-hydrogen) atoms. The van der Waals surface area contributed by atoms with Gasteiger partial charge in [-0.2, -0.15) is 0 Å². The molecule has 0 radical (unpaired) electrons. The van der Waals surface area contributed by atoms with Crippen LogP contribution in [0.25, 0.3) is 11.4 Å². The van der Waals surface area contributed by atoms with Gasteiger partial charge in [-0.1, -0.05) is 23.7 Å². The molecule has 15 heteroatoms. The van der Waals surface area contributed by atoms with Gasteiger partial charge in [0.15, 0.2) is 23.1 Å². The minimum atomic E-state index is -4.16. The molecule has 0 fully saturated rings. The monoisotopic (exact) mass is 615 g/mol. The zero-order chi connectivity index (χ0) is 30.0. The van der Waals surface area contributed by atoms with Crippen LogP contribution >= 0.6 is 11.6 Å². The summed E-state index contributed by atoms with van der Waals surface area (Å²) in [7, 11) is -1.11. The number of hydrogen-bond donors (Lipinski definition) is 1. The van der Waals surface area contributed by atoms with Crippen molar-refractivity contribution in [3.8, 4) is 28.8 Å². The smallest absolute Gasteiger partial charge is 0.240 e. The summed E-state index contributed by atoms with van der Waals surface area (Å²) in [5.74, 6) is 1.83. The zero-order valence-corrected chi connectivity index (χ0v) is 25.1. The van der Waals surface area contributed by atoms with E-state index >= 15 is 0 Å². The van der Waals surface area contributed by atoms with Crippen molar-refractivity contribution >= 4 is 27.6 Å². The number of aromatic nitrogens is 6. The molecule has 0 saturated carbocycles. The van der Waals surface area contributed by atoms with E-state index in [0.717, 1.165) is 0 Å². The molecule has 13 nitrogen and oxygen atoms in total. The molecule has 1 aliphatic heterocycles. The molecule has 3 atom stereocenters. The number of halogens is 1. The van der Waals surface area contributed by atoms with E-state index in [1.807, 2.05) is 0 Å². The molecular formula is C27H30ClN7O6S. The SMILES string of the molecule is COc1cccc([C@@H]2COc3c(OC)cccc3-c3nnc(NS(=O)(=O)C(C)C(OC(C)C)c4ncc(Cl)cn4)n32)n1. The Morgan fingerprint density at radius 1 is 1.05 bits per heavy atom. The molecule has 0 saturated heterocycles. The molecule has 1 aromatic carbocycles. The van der Waals surface area contributed by atoms with Crippen molar-refractivity contribution in [3.05, 3.63) is 65.3 Å². The second-order valence-corrected chi connectivity index (χ2v) is 12.2. The Bertz CT molecular complexity index is 1670. The molecule has 4 heterocycles. The minimum absolute atomic E-state index is 0.0361. The normalized spacial score (nSPS) is 16.0. The van der Waals surface area contributed by atoms with Crippen molar-refractivity contribution < 1.29 is 27.4 Å². The third-order valence-electron chi connectivity index (χ3n) is 6.59. The van der Waals surface area contributed by atoms with Crippen LogP contribution in [0, 0.1) is 0 Å². The largest absolute Gasteiger partial charge is 0.493 e. The maximum Gasteiger partial charge on any atom is 0.240 e. The average Bonchev–Trinajstić information content (AvgIpc) is 3.29. The van der Waals surface area contributed by atoms with Gasteiger partial charge in [-0.05, 0) is 39.0 Å². The fourth-order valence-corrected chi connectivity index (χ4v) is 5.74. The van der Waals surface area contributed by atoms with Gasteiger partial charge >= 0.3 is 0 Å². The molecule has 5 rings (SSSR count). The van der Waals surface area contributed by atoms with Gasteiger partial charge in [0.05, 0.1) is 36.6 Å². The number of benzene rings is 1. The summed E-state index contributed by atoms with van der Waals surface area (Å²) < 4.78 is 55.1. The first-order valence-electron chi connectivity index (χ1n) is 13.0. The third-order valence-corrected chi connectivity index (χ3v) is 8.48. The van der Waals surface area contributed by atoms with Gasteiger partial charge in [0.25, 0.3) is 0 Å². The number of nitrogens with one attached hydrogen (secondary N) is 1. The number of ether oxygens (including phenoxy) is 4. The molecule has 4 aromatic rings. The van der Waals surface area contributed by atoms with Crippen molar-refractivity contribution in [3.63, 3.8) is 0 Å². The highest BCUT2D eigenvalue weighted by Crippen LogP contribution is 2.43. The number of sulfonamides is 1. The molecule has 2 unspecified atom stereocenters. The maximum absolute atomic E-state index is 13.9. The Hall–Kier alpha value is -4.01. The van der Waals surface area contributed by atoms with E-state index in [0.29, 0.717) is 39.5 Å². The van der Waals surface area contributed by atoms with E-state index in [1.165, 1.54) is 33.5 Å². The van der Waals surface area contributed by atoms with Gasteiger partial charge < -0.3 is 18.9 Å². The van der Waals surface area contributed by atoms with Gasteiger partial charge in [-0.3, -0.25) is 9.29 Å². The van der Waals surface area contributed by atoms with Gasteiger partial charge in [-0.15, -0.1) is 10.2 Å². The van der Waals surface area contributed by atoms with E-state index in [-0.39, 0.29) is 24.5 Å². The lowest BCUT2D eigenvalue weighted by atomic mass is 10.1. The lowest BCUT2D eigenvalue weighted by Crippen LogP contribution is -2.35. The van der Waals surface area contributed by atoms with E-state index in [2.05, 4.69) is 29.9 Å². The van der Waals surface area contributed by atoms with E-state index in [1.54, 1.807) is 54.8 Å². The van der Waals surface area contributed by atoms with Crippen LogP contribution in [0.4, 0.5) is 5.95 Å². The summed E-state index contributed by atoms with van der Waals surface area (Å²) in [5.41, 5.74) is 1.12. The quantitative estimate of drug-likeness (QED) is 0.274. The molecule has 3 aromatic heterocycles. The number of para-hydroxylation sites is 1. The minimum Gasteiger partial charge on any atom is -0.493 e. The molecule has 222 valence electrons. The van der Waals surface area contributed by atoms with Crippen molar-refractivity contribution in [1.82, 2.24) is 29.7 Å². The third kappa shape index (κ3) is 5.82. The number of rotatable bonds is 10. The van der Waals surface area contributed by atoms with Gasteiger partial charge in [0.1, 0.15) is 24.0 Å². The van der Waals surface area contributed by atoms with Crippen LogP contribution in [0.15, 0.2) is 48.8 Å². The van der Waals surface area contributed by atoms with Crippen molar-refractivity contribution in [2.24, 2.45) is 0 Å². The summed E-state index contributed by atoms with van der Waals surface area (Å²) in [5, 5.41) is 7.82. The van der Waals surface area contributed by atoms with Crippen molar-refractivity contribution in [2.75, 3.05) is 25.5 Å². The molecule has 1 aliphatic rings. The Morgan fingerprint density at radius 3 is 2.48 bits per heavy atom. The highest BCUT2D eigenvalue weighted by atomic mass is 35.5. The van der Waals surface area contributed by atoms with Gasteiger partial charge in [0, 0.05) is 18.5 Å². The lowest BCUT2D eigenvalue weighted by molar-refractivity contribution is 0.00154. The average molecular weight is 616 g/mol. The Kier molecular flexibility index (Phi) is 8.48. The maximum atomic E-state index is 13.9. The summed E-state index contributed by atoms with van der Waals surface area (Å²) in [6.07, 6.45) is 1.46. The number of fused-ring (bicyclic) bond motifs is 3. The number of anilines is 1. The number of hydrogen-bond acceptors (Lipinski definition) is 11. The molecule has 1 N–H and O–H groups in total. The fourth-order valence-electron chi connectivity index (χ4n) is 4.55.